The molecule has 0 aromatic heterocycles. The molecule has 0 fully saturated rings. The van der Waals surface area contributed by atoms with E-state index in [1.807, 2.05) is 36.9 Å². The predicted molar refractivity (Wildman–Crippen MR) is 150 cm³/mol. The molecule has 1 nitrogen and oxygen atoms in total. The normalized spacial score (nSPS) is 13.4. The summed E-state index contributed by atoms with van der Waals surface area (Å²) in [7, 11) is 0. The molecule has 3 aromatic carbocycles. The van der Waals surface area contributed by atoms with Gasteiger partial charge < -0.3 is 0 Å². The van der Waals surface area contributed by atoms with Gasteiger partial charge in [-0.15, -0.1) is 0 Å². The molecule has 0 amide bonds. The Morgan fingerprint density at radius 3 is 1.90 bits per heavy atom. The molecule has 0 spiro atoms. The van der Waals surface area contributed by atoms with Gasteiger partial charge in [-0.3, -0.25) is 4.90 Å². The van der Waals surface area contributed by atoms with E-state index in [0.717, 1.165) is 47.7 Å². The molecule has 0 saturated heterocycles. The minimum absolute atomic E-state index is 0.00468. The largest absolute Gasteiger partial charge is 0.416 e. The van der Waals surface area contributed by atoms with Crippen molar-refractivity contribution in [2.45, 2.75) is 78.8 Å². The molecule has 1 atom stereocenters. The number of rotatable bonds is 11. The summed E-state index contributed by atoms with van der Waals surface area (Å²) in [5, 5.41) is 0. The van der Waals surface area contributed by atoms with Gasteiger partial charge in [0.05, 0.1) is 11.1 Å². The molecular weight excluding hydrogens is 543 g/mol. The topological polar surface area (TPSA) is 3.24 Å². The predicted octanol–water partition coefficient (Wildman–Crippen LogP) is 10.7. The monoisotopic (exact) mass is 581 g/mol. The molecule has 0 bridgehead atoms. The van der Waals surface area contributed by atoms with Gasteiger partial charge in [0.1, 0.15) is 5.82 Å². The van der Waals surface area contributed by atoms with Crippen molar-refractivity contribution in [1.82, 2.24) is 4.90 Å². The summed E-state index contributed by atoms with van der Waals surface area (Å²) in [6, 6.07) is 13.7. The van der Waals surface area contributed by atoms with Gasteiger partial charge in [0.2, 0.25) is 0 Å². The maximum Gasteiger partial charge on any atom is 0.416 e. The second-order valence-electron chi connectivity index (χ2n) is 11.8. The first-order chi connectivity index (χ1) is 19.0. The Bertz CT molecular complexity index is 1270. The van der Waals surface area contributed by atoms with Gasteiger partial charge in [-0.05, 0) is 95.3 Å². The van der Waals surface area contributed by atoms with Crippen molar-refractivity contribution in [3.8, 4) is 11.1 Å². The SMILES string of the molecule is CC(C)CCN(Cc1cc(-c2ccc(C(F)(F)F)cc2)cc(C(C)CC(C)C)c1)Cc1ccc(F)cc1C(F)(F)F. The van der Waals surface area contributed by atoms with E-state index < -0.39 is 29.3 Å². The van der Waals surface area contributed by atoms with Gasteiger partial charge in [-0.25, -0.2) is 4.39 Å². The highest BCUT2D eigenvalue weighted by Crippen LogP contribution is 2.35. The fraction of sp³-hybridized carbons (Fsp3) is 0.455. The summed E-state index contributed by atoms with van der Waals surface area (Å²) < 4.78 is 94.5. The van der Waals surface area contributed by atoms with Gasteiger partial charge in [0.15, 0.2) is 0 Å². The Morgan fingerprint density at radius 1 is 0.683 bits per heavy atom. The highest BCUT2D eigenvalue weighted by atomic mass is 19.4. The highest BCUT2D eigenvalue weighted by molar-refractivity contribution is 5.66. The third-order valence-corrected chi connectivity index (χ3v) is 7.15. The average Bonchev–Trinajstić information content (AvgIpc) is 2.86. The zero-order chi connectivity index (χ0) is 30.5. The zero-order valence-corrected chi connectivity index (χ0v) is 24.1. The molecule has 0 saturated carbocycles. The van der Waals surface area contributed by atoms with Crippen LogP contribution in [0.5, 0.6) is 0 Å². The van der Waals surface area contributed by atoms with E-state index in [0.29, 0.717) is 36.6 Å². The number of halogens is 7. The Kier molecular flexibility index (Phi) is 10.7. The van der Waals surface area contributed by atoms with Crippen molar-refractivity contribution >= 4 is 0 Å². The molecule has 0 heterocycles. The Labute approximate surface area is 238 Å². The average molecular weight is 582 g/mol. The lowest BCUT2D eigenvalue weighted by molar-refractivity contribution is -0.139. The Balaban J connectivity index is 2.03. The minimum atomic E-state index is -4.69. The van der Waals surface area contributed by atoms with Crippen molar-refractivity contribution < 1.29 is 30.7 Å². The fourth-order valence-corrected chi connectivity index (χ4v) is 5.06. The van der Waals surface area contributed by atoms with Gasteiger partial charge in [0, 0.05) is 13.1 Å². The molecule has 0 radical (unpaired) electrons. The molecule has 41 heavy (non-hydrogen) atoms. The first kappa shape index (κ1) is 32.6. The van der Waals surface area contributed by atoms with Crippen LogP contribution < -0.4 is 0 Å². The summed E-state index contributed by atoms with van der Waals surface area (Å²) in [5.41, 5.74) is 1.53. The van der Waals surface area contributed by atoms with Crippen LogP contribution in [0.1, 0.15) is 81.2 Å². The lowest BCUT2D eigenvalue weighted by atomic mass is 9.88. The highest BCUT2D eigenvalue weighted by Gasteiger charge is 2.34. The van der Waals surface area contributed by atoms with Crippen LogP contribution in [0, 0.1) is 17.7 Å². The first-order valence-electron chi connectivity index (χ1n) is 13.9. The van der Waals surface area contributed by atoms with E-state index in [2.05, 4.69) is 20.8 Å². The van der Waals surface area contributed by atoms with Crippen LogP contribution >= 0.6 is 0 Å². The number of benzene rings is 3. The van der Waals surface area contributed by atoms with E-state index in [9.17, 15) is 30.7 Å². The molecular formula is C33H38F7N. The lowest BCUT2D eigenvalue weighted by Gasteiger charge is -2.26. The summed E-state index contributed by atoms with van der Waals surface area (Å²) in [4.78, 5) is 1.92. The van der Waals surface area contributed by atoms with Gasteiger partial charge in [-0.1, -0.05) is 65.0 Å². The van der Waals surface area contributed by atoms with Crippen molar-refractivity contribution in [3.63, 3.8) is 0 Å². The summed E-state index contributed by atoms with van der Waals surface area (Å²) in [6.45, 7) is 11.2. The molecule has 0 aliphatic heterocycles. The van der Waals surface area contributed by atoms with Crippen LogP contribution in [0.4, 0.5) is 30.7 Å². The number of alkyl halides is 6. The van der Waals surface area contributed by atoms with E-state index in [4.69, 9.17) is 0 Å². The first-order valence-corrected chi connectivity index (χ1v) is 13.9. The zero-order valence-electron chi connectivity index (χ0n) is 24.1. The molecule has 8 heteroatoms. The van der Waals surface area contributed by atoms with Crippen LogP contribution in [0.15, 0.2) is 60.7 Å². The number of hydrogen-bond acceptors (Lipinski definition) is 1. The van der Waals surface area contributed by atoms with Gasteiger partial charge >= 0.3 is 12.4 Å². The second kappa shape index (κ2) is 13.4. The maximum atomic E-state index is 13.8. The molecule has 1 unspecified atom stereocenters. The molecule has 0 N–H and O–H groups in total. The summed E-state index contributed by atoms with van der Waals surface area (Å²) in [6.07, 6.45) is -7.48. The standard InChI is InChI=1S/C33H38F7N/c1-21(2)12-13-41(20-26-8-11-30(34)18-31(26)33(38,39)40)19-24-15-27(23(5)14-22(3)4)17-28(16-24)25-6-9-29(10-7-25)32(35,36)37/h6-11,15-18,21-23H,12-14,19-20H2,1-5H3. The summed E-state index contributed by atoms with van der Waals surface area (Å²) in [5.74, 6) is -0.0399. The molecule has 3 rings (SSSR count). The van der Waals surface area contributed by atoms with Crippen LogP contribution in [0.2, 0.25) is 0 Å². The summed E-state index contributed by atoms with van der Waals surface area (Å²) >= 11 is 0. The van der Waals surface area contributed by atoms with Gasteiger partial charge in [0.25, 0.3) is 0 Å². The number of hydrogen-bond donors (Lipinski definition) is 0. The van der Waals surface area contributed by atoms with Gasteiger partial charge in [-0.2, -0.15) is 26.3 Å². The molecule has 0 aliphatic carbocycles. The van der Waals surface area contributed by atoms with Crippen molar-refractivity contribution in [3.05, 3.63) is 94.3 Å². The Morgan fingerprint density at radius 2 is 1.34 bits per heavy atom. The van der Waals surface area contributed by atoms with Crippen molar-refractivity contribution in [1.29, 1.82) is 0 Å². The quantitative estimate of drug-likeness (QED) is 0.204. The molecule has 3 aromatic rings. The lowest BCUT2D eigenvalue weighted by Crippen LogP contribution is -2.26. The van der Waals surface area contributed by atoms with Crippen LogP contribution in [-0.2, 0) is 25.4 Å². The van der Waals surface area contributed by atoms with Crippen molar-refractivity contribution in [2.75, 3.05) is 6.54 Å². The van der Waals surface area contributed by atoms with Crippen molar-refractivity contribution in [2.24, 2.45) is 11.8 Å². The van der Waals surface area contributed by atoms with Crippen LogP contribution in [0.3, 0.4) is 0 Å². The van der Waals surface area contributed by atoms with E-state index in [-0.39, 0.29) is 18.0 Å². The van der Waals surface area contributed by atoms with Crippen LogP contribution in [-0.4, -0.2) is 11.4 Å². The third-order valence-electron chi connectivity index (χ3n) is 7.15. The maximum absolute atomic E-state index is 13.8. The van der Waals surface area contributed by atoms with E-state index in [1.165, 1.54) is 18.2 Å². The van der Waals surface area contributed by atoms with Crippen LogP contribution in [0.25, 0.3) is 11.1 Å². The number of nitrogens with zero attached hydrogens (tertiary/aromatic N) is 1. The Hall–Kier alpha value is -2.87. The minimum Gasteiger partial charge on any atom is -0.295 e. The fourth-order valence-electron chi connectivity index (χ4n) is 5.06. The molecule has 224 valence electrons. The second-order valence-corrected chi connectivity index (χ2v) is 11.8. The van der Waals surface area contributed by atoms with E-state index >= 15 is 0 Å². The smallest absolute Gasteiger partial charge is 0.295 e. The molecule has 0 aliphatic rings. The third kappa shape index (κ3) is 9.59. The van der Waals surface area contributed by atoms with E-state index in [1.54, 1.807) is 0 Å².